The largest absolute Gasteiger partial charge is 0.502 e. The van der Waals surface area contributed by atoms with E-state index in [9.17, 15) is 57.2 Å². The number of aromatic nitrogens is 4. The van der Waals surface area contributed by atoms with Crippen LogP contribution in [0.25, 0.3) is 57.2 Å². The summed E-state index contributed by atoms with van der Waals surface area (Å²) >= 11 is 0. The van der Waals surface area contributed by atoms with E-state index in [2.05, 4.69) is 41.2 Å². The zero-order chi connectivity index (χ0) is 94.1. The Hall–Kier alpha value is -16.0. The summed E-state index contributed by atoms with van der Waals surface area (Å²) < 4.78 is 119. The van der Waals surface area contributed by atoms with E-state index in [1.807, 2.05) is 45.9 Å². The standard InChI is InChI=1S/2C25H23FN2O5.C25H25FN2O5.C25H23FN2O5/c1-14-18(9-15-10-20(31-2)25(30)21(11-15)32-3)17-6-7-22(26)28-24(17)19(14)12-23(29)27-13-16-5-4-8-33-16;1-14-18(11-23(29)27-13-17-5-4-6-33-17)20-10-16(26)12-28-24(20)19(14)7-15-8-21(31-2)25(30)22(9-15)32-3;2*1-14-17(7-15-8-21(31-2)25(30)22(9-15)32-3)20-13-27-23(26)10-19(20)18(14)11-24(29)28-12-16-5-4-6-33-16/h4-11,30H,12-13H2,1-3H3,(H,27,29);4-10,12,30H,11,13H2,1-3H3,(H,27,29);4-6,8-10,13,17,30H,7,11-12H2,1-3H3,(H,28,29);4-10,13,30H,11-12H2,1-3H3,(H,28,29). The third-order valence-electron chi connectivity index (χ3n) is 22.5. The van der Waals surface area contributed by atoms with Crippen molar-refractivity contribution in [2.75, 3.05) is 56.9 Å². The lowest BCUT2D eigenvalue weighted by molar-refractivity contribution is -0.121. The number of carbonyl (C=O) groups excluding carboxylic acids is 4. The number of fused-ring (bicyclic) bond motifs is 4. The molecule has 4 aliphatic carbocycles. The molecule has 16 rings (SSSR count). The van der Waals surface area contributed by atoms with Crippen LogP contribution in [0, 0.1) is 23.7 Å². The molecule has 0 saturated heterocycles. The number of phenolic OH excluding ortho intramolecular Hbond substituents is 4. The van der Waals surface area contributed by atoms with Gasteiger partial charge in [0.1, 0.15) is 28.9 Å². The molecule has 8 aromatic heterocycles. The van der Waals surface area contributed by atoms with E-state index in [0.717, 1.165) is 61.9 Å². The number of ether oxygens (including phenoxy) is 8. The molecule has 4 amide bonds. The fourth-order valence-corrected chi connectivity index (χ4v) is 15.7. The quantitative estimate of drug-likeness (QED) is 0.0159. The lowest BCUT2D eigenvalue weighted by Gasteiger charge is -2.17. The third-order valence-corrected chi connectivity index (χ3v) is 22.5. The number of rotatable bonds is 29. The van der Waals surface area contributed by atoms with Crippen LogP contribution >= 0.6 is 0 Å². The van der Waals surface area contributed by atoms with Gasteiger partial charge in [0.25, 0.3) is 0 Å². The van der Waals surface area contributed by atoms with E-state index in [1.165, 1.54) is 93.5 Å². The van der Waals surface area contributed by atoms with Crippen molar-refractivity contribution in [2.45, 2.75) is 91.9 Å². The van der Waals surface area contributed by atoms with Gasteiger partial charge in [-0.3, -0.25) is 24.2 Å². The van der Waals surface area contributed by atoms with Crippen molar-refractivity contribution in [2.24, 2.45) is 0 Å². The summed E-state index contributed by atoms with van der Waals surface area (Å²) in [5.74, 6) is 1.11. The Morgan fingerprint density at radius 2 is 0.727 bits per heavy atom. The minimum Gasteiger partial charge on any atom is -0.502 e. The van der Waals surface area contributed by atoms with E-state index in [-0.39, 0.29) is 139 Å². The summed E-state index contributed by atoms with van der Waals surface area (Å²) in [5.41, 5.74) is 16.7. The summed E-state index contributed by atoms with van der Waals surface area (Å²) in [5, 5.41) is 52.1. The Labute approximate surface area is 755 Å². The Kier molecular flexibility index (Phi) is 30.0. The monoisotopic (exact) mass is 1800 g/mol. The van der Waals surface area contributed by atoms with Gasteiger partial charge in [0.15, 0.2) is 46.0 Å². The number of hydrogen-bond donors (Lipinski definition) is 8. The highest BCUT2D eigenvalue weighted by atomic mass is 19.1. The van der Waals surface area contributed by atoms with Gasteiger partial charge in [0.05, 0.1) is 151 Å². The van der Waals surface area contributed by atoms with Crippen LogP contribution in [0.3, 0.4) is 0 Å². The molecule has 1 unspecified atom stereocenters. The average molecular weight is 1800 g/mol. The number of halogens is 4. The normalized spacial score (nSPS) is 14.1. The Balaban J connectivity index is 0.000000150. The smallest absolute Gasteiger partial charge is 0.224 e. The highest BCUT2D eigenvalue weighted by Gasteiger charge is 2.35. The molecule has 0 bridgehead atoms. The number of hydrogen-bond acceptors (Lipinski definition) is 24. The van der Waals surface area contributed by atoms with Crippen LogP contribution in [0.5, 0.6) is 69.0 Å². The molecule has 8 heterocycles. The molecule has 682 valence electrons. The minimum atomic E-state index is -0.621. The van der Waals surface area contributed by atoms with E-state index in [4.69, 9.17) is 55.6 Å². The van der Waals surface area contributed by atoms with Crippen molar-refractivity contribution in [3.05, 3.63) is 307 Å². The first-order valence-corrected chi connectivity index (χ1v) is 41.2. The second kappa shape index (κ2) is 42.3. The number of allylic oxidation sites excluding steroid dienone is 7. The number of carbonyl (C=O) groups is 4. The Morgan fingerprint density at radius 3 is 1.14 bits per heavy atom. The van der Waals surface area contributed by atoms with Gasteiger partial charge >= 0.3 is 0 Å². The molecule has 4 aliphatic rings. The van der Waals surface area contributed by atoms with Crippen molar-refractivity contribution in [3.63, 3.8) is 0 Å². The van der Waals surface area contributed by atoms with Crippen LogP contribution < -0.4 is 59.2 Å². The van der Waals surface area contributed by atoms with Gasteiger partial charge in [-0.05, 0) is 257 Å². The van der Waals surface area contributed by atoms with Crippen LogP contribution in [0.15, 0.2) is 211 Å². The maximum atomic E-state index is 14.1. The van der Waals surface area contributed by atoms with Crippen molar-refractivity contribution in [1.82, 2.24) is 41.2 Å². The highest BCUT2D eigenvalue weighted by molar-refractivity contribution is 6.10. The molecular formula is C100H94F4N8O20. The number of amides is 4. The van der Waals surface area contributed by atoms with Crippen LogP contribution in [0.1, 0.15) is 149 Å². The number of nitrogens with one attached hydrogen (secondary N) is 4. The van der Waals surface area contributed by atoms with Gasteiger partial charge in [-0.1, -0.05) is 5.57 Å². The summed E-state index contributed by atoms with van der Waals surface area (Å²) in [6, 6.07) is 34.7. The second-order valence-electron chi connectivity index (χ2n) is 30.4. The third kappa shape index (κ3) is 21.5. The molecule has 0 spiro atoms. The van der Waals surface area contributed by atoms with E-state index in [1.54, 1.807) is 128 Å². The number of furan rings is 4. The van der Waals surface area contributed by atoms with E-state index in [0.29, 0.717) is 114 Å². The molecule has 0 aliphatic heterocycles. The van der Waals surface area contributed by atoms with Crippen LogP contribution in [0.2, 0.25) is 0 Å². The molecule has 4 aromatic carbocycles. The molecule has 28 nitrogen and oxygen atoms in total. The van der Waals surface area contributed by atoms with E-state index >= 15 is 0 Å². The van der Waals surface area contributed by atoms with Crippen molar-refractivity contribution >= 4 is 80.9 Å². The maximum Gasteiger partial charge on any atom is 0.224 e. The number of methoxy groups -OCH3 is 8. The topological polar surface area (TPSA) is 375 Å². The molecule has 12 aromatic rings. The van der Waals surface area contributed by atoms with Crippen molar-refractivity contribution in [1.29, 1.82) is 0 Å². The summed E-state index contributed by atoms with van der Waals surface area (Å²) in [4.78, 5) is 66.5. The Morgan fingerprint density at radius 1 is 0.371 bits per heavy atom. The van der Waals surface area contributed by atoms with Gasteiger partial charge in [0.2, 0.25) is 64.5 Å². The van der Waals surface area contributed by atoms with Crippen molar-refractivity contribution in [3.8, 4) is 69.0 Å². The highest BCUT2D eigenvalue weighted by Crippen LogP contribution is 2.51. The molecular weight excluding hydrogens is 1710 g/mol. The number of phenols is 4. The van der Waals surface area contributed by atoms with Gasteiger partial charge in [-0.25, -0.2) is 19.3 Å². The zero-order valence-electron chi connectivity index (χ0n) is 74.0. The maximum absolute atomic E-state index is 14.1. The molecule has 0 radical (unpaired) electrons. The summed E-state index contributed by atoms with van der Waals surface area (Å²) in [6.07, 6.45) is 16.7. The first-order chi connectivity index (χ1) is 63.6. The lowest BCUT2D eigenvalue weighted by atomic mass is 9.90. The summed E-state index contributed by atoms with van der Waals surface area (Å²) in [7, 11) is 11.7. The number of pyridine rings is 4. The second-order valence-corrected chi connectivity index (χ2v) is 30.4. The predicted molar refractivity (Wildman–Crippen MR) is 483 cm³/mol. The van der Waals surface area contributed by atoms with E-state index < -0.39 is 23.7 Å². The Bertz CT molecular complexity index is 5980. The minimum absolute atomic E-state index is 0.0373. The predicted octanol–water partition coefficient (Wildman–Crippen LogP) is 18.1. The van der Waals surface area contributed by atoms with Crippen LogP contribution in [-0.4, -0.2) is 121 Å². The van der Waals surface area contributed by atoms with Crippen LogP contribution in [-0.2, 0) is 51.8 Å². The SMILES string of the molecule is COc1cc(C=C2C(C)=C(CC(=O)NCc3ccco3)c3cc(F)cnc32)cc(OC)c1O.COc1cc(C=C2C(C)=C(CC(=O)NCc3ccco3)c3cc(F)ncc32)cc(OC)c1O.COc1cc(C=C2C(C)=C(CC(=O)NCc3ccco3)c3nc(F)ccc32)cc(OC)c1O.COc1cc(CC2C(C)=C(CC(=O)NCc3ccco3)c3cc(F)ncc32)cc(OC)c1O. The molecule has 0 saturated carbocycles. The number of aromatic hydroxyl groups is 4. The number of nitrogens with zero attached hydrogens (tertiary/aromatic N) is 4. The van der Waals surface area contributed by atoms with Crippen LogP contribution in [0.4, 0.5) is 17.6 Å². The first kappa shape index (κ1) is 93.6. The zero-order valence-corrected chi connectivity index (χ0v) is 74.0. The molecule has 0 fully saturated rings. The molecule has 8 N–H and O–H groups in total. The number of benzene rings is 4. The van der Waals surface area contributed by atoms with Gasteiger partial charge in [-0.2, -0.15) is 13.2 Å². The molecule has 1 atom stereocenters. The fraction of sp³-hybridized carbons (Fsp3) is 0.220. The molecule has 132 heavy (non-hydrogen) atoms. The summed E-state index contributed by atoms with van der Waals surface area (Å²) in [6.45, 7) is 8.66. The van der Waals surface area contributed by atoms with Gasteiger partial charge in [-0.15, -0.1) is 0 Å². The fourth-order valence-electron chi connectivity index (χ4n) is 15.7. The van der Waals surface area contributed by atoms with Gasteiger partial charge < -0.3 is 97.3 Å². The lowest BCUT2D eigenvalue weighted by Crippen LogP contribution is -2.22. The average Bonchev–Trinajstić information content (AvgIpc) is 1.63. The first-order valence-electron chi connectivity index (χ1n) is 41.2. The van der Waals surface area contributed by atoms with Gasteiger partial charge in [0, 0.05) is 52.7 Å². The molecule has 32 heteroatoms. The van der Waals surface area contributed by atoms with Crippen molar-refractivity contribution < 1.29 is 113 Å².